The summed E-state index contributed by atoms with van der Waals surface area (Å²) in [6.07, 6.45) is 1.43. The van der Waals surface area contributed by atoms with Gasteiger partial charge < -0.3 is 9.84 Å². The molecule has 4 heteroatoms. The van der Waals surface area contributed by atoms with Gasteiger partial charge in [-0.1, -0.05) is 12.1 Å². The Bertz CT molecular complexity index is 461. The van der Waals surface area contributed by atoms with Gasteiger partial charge in [-0.25, -0.2) is 0 Å². The lowest BCUT2D eigenvalue weighted by Crippen LogP contribution is -2.44. The molecule has 1 saturated heterocycles. The molecule has 0 bridgehead atoms. The third kappa shape index (κ3) is 3.81. The average molecular weight is 277 g/mol. The fraction of sp³-hybridized carbons (Fsp3) is 0.562. The smallest absolute Gasteiger partial charge is 0.180 e. The summed E-state index contributed by atoms with van der Waals surface area (Å²) < 4.78 is 5.50. The Labute approximate surface area is 120 Å². The highest BCUT2D eigenvalue weighted by Crippen LogP contribution is 2.23. The van der Waals surface area contributed by atoms with E-state index in [2.05, 4.69) is 4.90 Å². The van der Waals surface area contributed by atoms with Gasteiger partial charge in [-0.15, -0.1) is 0 Å². The molecule has 4 nitrogen and oxygen atoms in total. The zero-order chi connectivity index (χ0) is 14.6. The number of para-hydroxylation sites is 1. The van der Waals surface area contributed by atoms with Gasteiger partial charge in [-0.2, -0.15) is 0 Å². The molecule has 0 aromatic heterocycles. The van der Waals surface area contributed by atoms with Gasteiger partial charge in [-0.3, -0.25) is 9.69 Å². The van der Waals surface area contributed by atoms with Crippen LogP contribution in [0.4, 0.5) is 0 Å². The summed E-state index contributed by atoms with van der Waals surface area (Å²) >= 11 is 0. The van der Waals surface area contributed by atoms with Gasteiger partial charge in [-0.05, 0) is 38.8 Å². The van der Waals surface area contributed by atoms with E-state index in [1.807, 2.05) is 38.1 Å². The molecule has 0 amide bonds. The van der Waals surface area contributed by atoms with E-state index in [9.17, 15) is 9.90 Å². The Morgan fingerprint density at radius 1 is 1.35 bits per heavy atom. The van der Waals surface area contributed by atoms with Crippen molar-refractivity contribution in [1.29, 1.82) is 0 Å². The molecule has 0 aliphatic carbocycles. The quantitative estimate of drug-likeness (QED) is 0.838. The summed E-state index contributed by atoms with van der Waals surface area (Å²) in [5.41, 5.74) is 0.0645. The number of likely N-dealkylation sites (tertiary alicyclic amines) is 1. The molecule has 1 aliphatic heterocycles. The lowest BCUT2D eigenvalue weighted by Gasteiger charge is -2.35. The van der Waals surface area contributed by atoms with E-state index < -0.39 is 5.60 Å². The summed E-state index contributed by atoms with van der Waals surface area (Å²) in [5.74, 6) is 0.736. The zero-order valence-corrected chi connectivity index (χ0v) is 12.3. The Kier molecular flexibility index (Phi) is 4.78. The topological polar surface area (TPSA) is 49.8 Å². The van der Waals surface area contributed by atoms with E-state index in [0.717, 1.165) is 13.1 Å². The molecule has 1 aliphatic rings. The highest BCUT2D eigenvalue weighted by Gasteiger charge is 2.28. The van der Waals surface area contributed by atoms with E-state index >= 15 is 0 Å². The molecule has 0 saturated carbocycles. The summed E-state index contributed by atoms with van der Waals surface area (Å²) in [5, 5.41) is 9.93. The molecule has 2 rings (SSSR count). The first-order valence-corrected chi connectivity index (χ1v) is 7.21. The van der Waals surface area contributed by atoms with Crippen molar-refractivity contribution in [2.45, 2.75) is 32.3 Å². The van der Waals surface area contributed by atoms with Crippen LogP contribution in [0.2, 0.25) is 0 Å². The first-order valence-electron chi connectivity index (χ1n) is 7.21. The molecule has 110 valence electrons. The van der Waals surface area contributed by atoms with Crippen molar-refractivity contribution in [2.75, 3.05) is 26.2 Å². The first-order chi connectivity index (χ1) is 9.52. The number of aliphatic hydroxyl groups is 1. The molecule has 0 unspecified atom stereocenters. The van der Waals surface area contributed by atoms with Gasteiger partial charge in [0.15, 0.2) is 5.78 Å². The van der Waals surface area contributed by atoms with Gasteiger partial charge in [0.05, 0.1) is 24.3 Å². The molecule has 1 N–H and O–H groups in total. The number of ketones is 1. The molecule has 1 aromatic carbocycles. The van der Waals surface area contributed by atoms with E-state index in [4.69, 9.17) is 4.74 Å². The summed E-state index contributed by atoms with van der Waals surface area (Å²) in [7, 11) is 0. The third-order valence-corrected chi connectivity index (χ3v) is 3.79. The van der Waals surface area contributed by atoms with Crippen molar-refractivity contribution in [3.05, 3.63) is 29.8 Å². The molecule has 0 radical (unpaired) electrons. The van der Waals surface area contributed by atoms with Crippen molar-refractivity contribution in [3.8, 4) is 5.75 Å². The highest BCUT2D eigenvalue weighted by atomic mass is 16.5. The van der Waals surface area contributed by atoms with Crippen LogP contribution in [0.15, 0.2) is 24.3 Å². The Morgan fingerprint density at radius 3 is 2.65 bits per heavy atom. The number of piperidine rings is 1. The highest BCUT2D eigenvalue weighted by molar-refractivity contribution is 6.00. The van der Waals surface area contributed by atoms with Gasteiger partial charge >= 0.3 is 0 Å². The molecular weight excluding hydrogens is 254 g/mol. The van der Waals surface area contributed by atoms with Crippen molar-refractivity contribution < 1.29 is 14.6 Å². The van der Waals surface area contributed by atoms with E-state index in [0.29, 0.717) is 37.3 Å². The third-order valence-electron chi connectivity index (χ3n) is 3.79. The average Bonchev–Trinajstić information content (AvgIpc) is 2.42. The van der Waals surface area contributed by atoms with Crippen LogP contribution >= 0.6 is 0 Å². The van der Waals surface area contributed by atoms with E-state index in [-0.39, 0.29) is 5.78 Å². The Morgan fingerprint density at radius 2 is 2.00 bits per heavy atom. The largest absolute Gasteiger partial charge is 0.493 e. The molecular formula is C16H23NO3. The fourth-order valence-corrected chi connectivity index (χ4v) is 2.46. The minimum Gasteiger partial charge on any atom is -0.493 e. The molecule has 0 atom stereocenters. The molecule has 1 fully saturated rings. The fourth-order valence-electron chi connectivity index (χ4n) is 2.46. The molecule has 1 aromatic rings. The zero-order valence-electron chi connectivity index (χ0n) is 12.3. The SMILES string of the molecule is CCOc1ccccc1C(=O)CN1CCC(C)(O)CC1. The van der Waals surface area contributed by atoms with E-state index in [1.165, 1.54) is 0 Å². The predicted octanol–water partition coefficient (Wildman–Crippen LogP) is 2.11. The van der Waals surface area contributed by atoms with Crippen molar-refractivity contribution in [3.63, 3.8) is 0 Å². The van der Waals surface area contributed by atoms with Crippen LogP contribution < -0.4 is 4.74 Å². The summed E-state index contributed by atoms with van der Waals surface area (Å²) in [4.78, 5) is 14.5. The number of Topliss-reactive ketones (excluding diaryl/α,β-unsaturated/α-hetero) is 1. The van der Waals surface area contributed by atoms with Crippen molar-refractivity contribution >= 4 is 5.78 Å². The van der Waals surface area contributed by atoms with Crippen LogP contribution in [0.3, 0.4) is 0 Å². The van der Waals surface area contributed by atoms with Gasteiger partial charge in [0.1, 0.15) is 5.75 Å². The maximum absolute atomic E-state index is 12.4. The molecule has 20 heavy (non-hydrogen) atoms. The number of carbonyl (C=O) groups excluding carboxylic acids is 1. The number of hydrogen-bond acceptors (Lipinski definition) is 4. The minimum atomic E-state index is -0.581. The van der Waals surface area contributed by atoms with Crippen LogP contribution in [0.25, 0.3) is 0 Å². The minimum absolute atomic E-state index is 0.0793. The number of benzene rings is 1. The number of ether oxygens (including phenoxy) is 1. The number of nitrogens with zero attached hydrogens (tertiary/aromatic N) is 1. The molecule has 0 spiro atoms. The first kappa shape index (κ1) is 15.0. The van der Waals surface area contributed by atoms with Crippen molar-refractivity contribution in [1.82, 2.24) is 4.90 Å². The second-order valence-corrected chi connectivity index (χ2v) is 5.63. The van der Waals surface area contributed by atoms with Crippen LogP contribution in [0, 0.1) is 0 Å². The standard InChI is InChI=1S/C16H23NO3/c1-3-20-15-7-5-4-6-13(15)14(18)12-17-10-8-16(2,19)9-11-17/h4-7,19H,3,8-12H2,1-2H3. The number of carbonyl (C=O) groups is 1. The van der Waals surface area contributed by atoms with Crippen molar-refractivity contribution in [2.24, 2.45) is 0 Å². The normalized spacial score (nSPS) is 18.8. The van der Waals surface area contributed by atoms with Gasteiger partial charge in [0, 0.05) is 13.1 Å². The maximum atomic E-state index is 12.4. The number of rotatable bonds is 5. The summed E-state index contributed by atoms with van der Waals surface area (Å²) in [6.45, 7) is 6.23. The van der Waals surface area contributed by atoms with Gasteiger partial charge in [0.25, 0.3) is 0 Å². The monoisotopic (exact) mass is 277 g/mol. The van der Waals surface area contributed by atoms with Crippen LogP contribution in [0.5, 0.6) is 5.75 Å². The number of hydrogen-bond donors (Lipinski definition) is 1. The second kappa shape index (κ2) is 6.37. The lowest BCUT2D eigenvalue weighted by atomic mass is 9.93. The second-order valence-electron chi connectivity index (χ2n) is 5.63. The maximum Gasteiger partial charge on any atom is 0.180 e. The predicted molar refractivity (Wildman–Crippen MR) is 78.2 cm³/mol. The van der Waals surface area contributed by atoms with Crippen LogP contribution in [0.1, 0.15) is 37.0 Å². The van der Waals surface area contributed by atoms with E-state index in [1.54, 1.807) is 0 Å². The van der Waals surface area contributed by atoms with Crippen LogP contribution in [-0.4, -0.2) is 47.6 Å². The Hall–Kier alpha value is -1.39. The Balaban J connectivity index is 1.99. The lowest BCUT2D eigenvalue weighted by molar-refractivity contribution is -0.00422. The summed E-state index contributed by atoms with van der Waals surface area (Å²) in [6, 6.07) is 7.38. The van der Waals surface area contributed by atoms with Crippen LogP contribution in [-0.2, 0) is 0 Å². The molecule has 1 heterocycles. The van der Waals surface area contributed by atoms with Gasteiger partial charge in [0.2, 0.25) is 0 Å².